The number of carbonyl (C=O) groups excluding carboxylic acids is 1. The van der Waals surface area contributed by atoms with Crippen molar-refractivity contribution in [1.29, 1.82) is 0 Å². The summed E-state index contributed by atoms with van der Waals surface area (Å²) in [6.45, 7) is 24.3. The SMILES string of the molecule is C=C(C)C(=O)NC(CC(=[SiH2])O[Si](C)(C)C)(O[Si](C)(C)C)O[Si](C)(C)C. The highest BCUT2D eigenvalue weighted by Gasteiger charge is 2.43. The monoisotopic (exact) mass is 419 g/mol. The fourth-order valence-electron chi connectivity index (χ4n) is 2.19. The van der Waals surface area contributed by atoms with Crippen molar-refractivity contribution in [3.05, 3.63) is 12.2 Å². The Morgan fingerprint density at radius 1 is 0.960 bits per heavy atom. The molecule has 0 bridgehead atoms. The third-order valence-electron chi connectivity index (χ3n) is 2.51. The van der Waals surface area contributed by atoms with Gasteiger partial charge in [-0.15, -0.1) is 0 Å². The van der Waals surface area contributed by atoms with Crippen molar-refractivity contribution in [2.75, 3.05) is 0 Å². The minimum absolute atomic E-state index is 0.263. The molecule has 0 aromatic rings. The molecule has 0 aliphatic carbocycles. The molecule has 0 spiro atoms. The van der Waals surface area contributed by atoms with Crippen molar-refractivity contribution < 1.29 is 18.1 Å². The zero-order valence-electron chi connectivity index (χ0n) is 17.8. The molecule has 0 aliphatic rings. The van der Waals surface area contributed by atoms with Crippen molar-refractivity contribution in [2.24, 2.45) is 0 Å². The predicted molar refractivity (Wildman–Crippen MR) is 117 cm³/mol. The molecule has 1 amide bonds. The first-order chi connectivity index (χ1) is 10.8. The minimum atomic E-state index is -2.02. The van der Waals surface area contributed by atoms with E-state index in [4.69, 9.17) is 13.3 Å². The number of hydrogen-bond acceptors (Lipinski definition) is 4. The third-order valence-corrected chi connectivity index (χ3v) is 5.98. The van der Waals surface area contributed by atoms with Crippen LogP contribution in [0.4, 0.5) is 0 Å². The van der Waals surface area contributed by atoms with E-state index >= 15 is 0 Å². The van der Waals surface area contributed by atoms with Gasteiger partial charge < -0.3 is 18.6 Å². The molecular formula is C16H37NO4Si4. The number of rotatable bonds is 10. The summed E-state index contributed by atoms with van der Waals surface area (Å²) in [6.07, 6.45) is 0.378. The summed E-state index contributed by atoms with van der Waals surface area (Å²) in [4.78, 5) is 12.4. The van der Waals surface area contributed by atoms with Crippen LogP contribution in [-0.2, 0) is 18.1 Å². The summed E-state index contributed by atoms with van der Waals surface area (Å²) < 4.78 is 18.9. The summed E-state index contributed by atoms with van der Waals surface area (Å²) >= 11 is 0. The molecule has 0 saturated heterocycles. The molecule has 0 aromatic carbocycles. The van der Waals surface area contributed by atoms with Gasteiger partial charge in [-0.05, 0) is 65.8 Å². The van der Waals surface area contributed by atoms with Crippen LogP contribution < -0.4 is 5.32 Å². The third kappa shape index (κ3) is 11.8. The summed E-state index contributed by atoms with van der Waals surface area (Å²) in [6, 6.07) is 0. The maximum Gasteiger partial charge on any atom is 0.250 e. The van der Waals surface area contributed by atoms with Crippen molar-refractivity contribution >= 4 is 46.1 Å². The number of nitrogens with one attached hydrogen (secondary N) is 1. The second-order valence-corrected chi connectivity index (χ2v) is 23.4. The van der Waals surface area contributed by atoms with Gasteiger partial charge in [0, 0.05) is 15.4 Å². The number of carbonyl (C=O) groups is 1. The zero-order chi connectivity index (χ0) is 20.3. The van der Waals surface area contributed by atoms with Crippen LogP contribution >= 0.6 is 0 Å². The van der Waals surface area contributed by atoms with E-state index in [-0.39, 0.29) is 5.91 Å². The topological polar surface area (TPSA) is 56.8 Å². The number of amides is 1. The van der Waals surface area contributed by atoms with E-state index in [1.807, 2.05) is 0 Å². The molecule has 9 heteroatoms. The van der Waals surface area contributed by atoms with Crippen molar-refractivity contribution in [3.8, 4) is 0 Å². The smallest absolute Gasteiger partial charge is 0.250 e. The lowest BCUT2D eigenvalue weighted by molar-refractivity contribution is -0.161. The normalized spacial score (nSPS) is 13.4. The largest absolute Gasteiger partial charge is 0.552 e. The Morgan fingerprint density at radius 3 is 1.64 bits per heavy atom. The van der Waals surface area contributed by atoms with Gasteiger partial charge in [0.1, 0.15) is 0 Å². The van der Waals surface area contributed by atoms with Gasteiger partial charge in [-0.3, -0.25) is 4.79 Å². The summed E-state index contributed by atoms with van der Waals surface area (Å²) in [5, 5.41) is 3.81. The average molecular weight is 420 g/mol. The first kappa shape index (κ1) is 24.7. The van der Waals surface area contributed by atoms with Crippen molar-refractivity contribution in [3.63, 3.8) is 0 Å². The molecule has 5 nitrogen and oxygen atoms in total. The van der Waals surface area contributed by atoms with E-state index in [0.29, 0.717) is 12.0 Å². The van der Waals surface area contributed by atoms with E-state index in [2.05, 4.69) is 70.8 Å². The molecule has 0 fully saturated rings. The minimum Gasteiger partial charge on any atom is -0.552 e. The van der Waals surface area contributed by atoms with Crippen LogP contribution in [0.3, 0.4) is 0 Å². The summed E-state index contributed by atoms with van der Waals surface area (Å²) in [5.74, 6) is -1.47. The number of hydrogen-bond donors (Lipinski definition) is 1. The van der Waals surface area contributed by atoms with Gasteiger partial charge in [-0.2, -0.15) is 0 Å². The lowest BCUT2D eigenvalue weighted by atomic mass is 10.3. The maximum atomic E-state index is 12.4. The Morgan fingerprint density at radius 2 is 1.36 bits per heavy atom. The highest BCUT2D eigenvalue weighted by molar-refractivity contribution is 6.72. The van der Waals surface area contributed by atoms with Gasteiger partial charge >= 0.3 is 0 Å². The van der Waals surface area contributed by atoms with Crippen LogP contribution in [-0.4, -0.2) is 52.0 Å². The predicted octanol–water partition coefficient (Wildman–Crippen LogP) is 3.04. The Kier molecular flexibility index (Phi) is 8.46. The van der Waals surface area contributed by atoms with Crippen LogP contribution in [0.2, 0.25) is 58.9 Å². The fourth-order valence-corrected chi connectivity index (χ4v) is 7.14. The first-order valence-electron chi connectivity index (χ1n) is 8.59. The van der Waals surface area contributed by atoms with Crippen molar-refractivity contribution in [2.45, 2.75) is 78.2 Å². The average Bonchev–Trinajstić information content (AvgIpc) is 2.18. The lowest BCUT2D eigenvalue weighted by Gasteiger charge is -2.43. The zero-order valence-corrected chi connectivity index (χ0v) is 22.2. The van der Waals surface area contributed by atoms with E-state index < -0.39 is 30.9 Å². The Bertz CT molecular complexity index is 500. The molecule has 0 radical (unpaired) electrons. The van der Waals surface area contributed by atoms with Crippen LogP contribution in [0.1, 0.15) is 13.3 Å². The highest BCUT2D eigenvalue weighted by atomic mass is 28.4. The van der Waals surface area contributed by atoms with Gasteiger partial charge in [-0.25, -0.2) is 0 Å². The first-order valence-corrected chi connectivity index (χ1v) is 19.5. The van der Waals surface area contributed by atoms with Crippen LogP contribution in [0.15, 0.2) is 12.2 Å². The van der Waals surface area contributed by atoms with E-state index in [0.717, 1.165) is 5.35 Å². The van der Waals surface area contributed by atoms with Crippen LogP contribution in [0.25, 0.3) is 0 Å². The molecule has 0 rings (SSSR count). The van der Waals surface area contributed by atoms with E-state index in [1.54, 1.807) is 16.8 Å². The molecule has 0 saturated carbocycles. The Hall–Kier alpha value is -0.332. The van der Waals surface area contributed by atoms with E-state index in [1.165, 1.54) is 0 Å². The molecular weight excluding hydrogens is 383 g/mol. The molecule has 0 aliphatic heterocycles. The molecule has 0 heterocycles. The van der Waals surface area contributed by atoms with Gasteiger partial charge in [0.15, 0.2) is 16.6 Å². The van der Waals surface area contributed by atoms with Gasteiger partial charge in [-0.1, -0.05) is 6.58 Å². The van der Waals surface area contributed by atoms with Gasteiger partial charge in [0.25, 0.3) is 0 Å². The summed E-state index contributed by atoms with van der Waals surface area (Å²) in [7, 11) is -4.09. The van der Waals surface area contributed by atoms with E-state index in [9.17, 15) is 4.79 Å². The van der Waals surface area contributed by atoms with Crippen LogP contribution in [0.5, 0.6) is 0 Å². The van der Waals surface area contributed by atoms with Gasteiger partial charge in [0.2, 0.25) is 20.1 Å². The quantitative estimate of drug-likeness (QED) is 0.336. The molecule has 25 heavy (non-hydrogen) atoms. The molecule has 0 aromatic heterocycles. The standard InChI is InChI=1S/C16H37NO4Si4/c1-13(2)15(18)17-16(20-24(6,7)8,21-25(9,10)11)12-14(22)19-23(3,4)5/h1,12,22H2,2-11H3,(H,17,18). The molecule has 0 unspecified atom stereocenters. The Labute approximate surface area is 159 Å². The van der Waals surface area contributed by atoms with Crippen LogP contribution in [0, 0.1) is 0 Å². The Balaban J connectivity index is 5.84. The molecule has 0 atom stereocenters. The fraction of sp³-hybridized carbons (Fsp3) is 0.750. The summed E-state index contributed by atoms with van der Waals surface area (Å²) in [5.41, 5.74) is 0.425. The lowest BCUT2D eigenvalue weighted by Crippen LogP contribution is -2.62. The molecule has 146 valence electrons. The second-order valence-electron chi connectivity index (χ2n) is 9.35. The maximum absolute atomic E-state index is 12.4. The van der Waals surface area contributed by atoms with Crippen molar-refractivity contribution in [1.82, 2.24) is 5.32 Å². The van der Waals surface area contributed by atoms with Gasteiger partial charge in [0.05, 0.1) is 11.8 Å². The highest BCUT2D eigenvalue weighted by Crippen LogP contribution is 2.27. The second kappa shape index (κ2) is 8.57. The molecule has 1 N–H and O–H groups in total.